The second kappa shape index (κ2) is 6.44. The van der Waals surface area contributed by atoms with Crippen molar-refractivity contribution in [2.75, 3.05) is 13.1 Å². The van der Waals surface area contributed by atoms with Gasteiger partial charge < -0.3 is 5.32 Å². The van der Waals surface area contributed by atoms with Crippen LogP contribution in [0.15, 0.2) is 11.6 Å². The van der Waals surface area contributed by atoms with E-state index in [0.29, 0.717) is 5.03 Å². The Morgan fingerprint density at radius 1 is 1.31 bits per heavy atom. The van der Waals surface area contributed by atoms with Crippen LogP contribution in [0.1, 0.15) is 38.5 Å². The monoisotopic (exact) mass is 201 g/mol. The maximum atomic E-state index is 5.64. The van der Waals surface area contributed by atoms with Crippen LogP contribution in [0.4, 0.5) is 0 Å². The topological polar surface area (TPSA) is 12.0 Å². The molecule has 0 heterocycles. The first-order chi connectivity index (χ1) is 6.29. The fourth-order valence-electron chi connectivity index (χ4n) is 2.01. The van der Waals surface area contributed by atoms with Gasteiger partial charge in [0.15, 0.2) is 0 Å². The summed E-state index contributed by atoms with van der Waals surface area (Å²) in [5.74, 6) is 0.963. The lowest BCUT2D eigenvalue weighted by Gasteiger charge is -2.21. The molecule has 0 atom stereocenters. The SMILES string of the molecule is C=C(Cl)CNCCC1CCCCC1. The highest BCUT2D eigenvalue weighted by Gasteiger charge is 2.12. The zero-order valence-electron chi connectivity index (χ0n) is 8.32. The van der Waals surface area contributed by atoms with E-state index < -0.39 is 0 Å². The average molecular weight is 202 g/mol. The average Bonchev–Trinajstić information content (AvgIpc) is 2.14. The summed E-state index contributed by atoms with van der Waals surface area (Å²) >= 11 is 5.64. The van der Waals surface area contributed by atoms with Gasteiger partial charge in [-0.05, 0) is 18.9 Å². The highest BCUT2D eigenvalue weighted by atomic mass is 35.5. The van der Waals surface area contributed by atoms with Crippen molar-refractivity contribution < 1.29 is 0 Å². The molecule has 0 aromatic heterocycles. The Labute approximate surface area is 86.5 Å². The van der Waals surface area contributed by atoms with Crippen LogP contribution < -0.4 is 5.32 Å². The van der Waals surface area contributed by atoms with Crippen LogP contribution >= 0.6 is 11.6 Å². The number of hydrogen-bond donors (Lipinski definition) is 1. The largest absolute Gasteiger partial charge is 0.312 e. The predicted octanol–water partition coefficient (Wildman–Crippen LogP) is 3.30. The zero-order valence-corrected chi connectivity index (χ0v) is 9.08. The molecule has 0 saturated heterocycles. The quantitative estimate of drug-likeness (QED) is 0.674. The van der Waals surface area contributed by atoms with Crippen molar-refractivity contribution >= 4 is 11.6 Å². The number of halogens is 1. The smallest absolute Gasteiger partial charge is 0.0307 e. The standard InChI is InChI=1S/C11H20ClN/c1-10(12)9-13-8-7-11-5-3-2-4-6-11/h11,13H,1-9H2. The molecule has 1 N–H and O–H groups in total. The van der Waals surface area contributed by atoms with Gasteiger partial charge in [0.05, 0.1) is 0 Å². The Bertz CT molecular complexity index is 150. The Morgan fingerprint density at radius 2 is 2.00 bits per heavy atom. The van der Waals surface area contributed by atoms with Gasteiger partial charge in [0.2, 0.25) is 0 Å². The Balaban J connectivity index is 1.95. The summed E-state index contributed by atoms with van der Waals surface area (Å²) in [6, 6.07) is 0. The Morgan fingerprint density at radius 3 is 2.62 bits per heavy atom. The molecule has 0 amide bonds. The fourth-order valence-corrected chi connectivity index (χ4v) is 2.10. The van der Waals surface area contributed by atoms with Crippen LogP contribution in [0.3, 0.4) is 0 Å². The third-order valence-corrected chi connectivity index (χ3v) is 2.90. The van der Waals surface area contributed by atoms with Gasteiger partial charge in [-0.15, -0.1) is 0 Å². The van der Waals surface area contributed by atoms with Crippen LogP contribution in [0.5, 0.6) is 0 Å². The van der Waals surface area contributed by atoms with E-state index in [4.69, 9.17) is 11.6 Å². The highest BCUT2D eigenvalue weighted by molar-refractivity contribution is 6.29. The van der Waals surface area contributed by atoms with E-state index in [1.54, 1.807) is 0 Å². The van der Waals surface area contributed by atoms with E-state index in [1.807, 2.05) is 0 Å². The van der Waals surface area contributed by atoms with Gasteiger partial charge in [-0.3, -0.25) is 0 Å². The molecule has 1 saturated carbocycles. The molecular formula is C11H20ClN. The zero-order chi connectivity index (χ0) is 9.52. The molecule has 0 radical (unpaired) electrons. The number of rotatable bonds is 5. The molecule has 1 nitrogen and oxygen atoms in total. The van der Waals surface area contributed by atoms with Gasteiger partial charge in [0.1, 0.15) is 0 Å². The summed E-state index contributed by atoms with van der Waals surface area (Å²) in [6.07, 6.45) is 8.50. The van der Waals surface area contributed by atoms with E-state index >= 15 is 0 Å². The minimum absolute atomic E-state index is 0.712. The summed E-state index contributed by atoms with van der Waals surface area (Å²) in [5, 5.41) is 4.01. The lowest BCUT2D eigenvalue weighted by molar-refractivity contribution is 0.335. The molecule has 0 unspecified atom stereocenters. The summed E-state index contributed by atoms with van der Waals surface area (Å²) in [4.78, 5) is 0. The van der Waals surface area contributed by atoms with Crippen molar-refractivity contribution in [1.82, 2.24) is 5.32 Å². The van der Waals surface area contributed by atoms with Crippen LogP contribution in [-0.2, 0) is 0 Å². The van der Waals surface area contributed by atoms with Gasteiger partial charge >= 0.3 is 0 Å². The second-order valence-electron chi connectivity index (χ2n) is 3.99. The van der Waals surface area contributed by atoms with Crippen molar-refractivity contribution in [1.29, 1.82) is 0 Å². The first kappa shape index (κ1) is 11.1. The summed E-state index contributed by atoms with van der Waals surface area (Å²) in [5.41, 5.74) is 0. The van der Waals surface area contributed by atoms with E-state index in [2.05, 4.69) is 11.9 Å². The van der Waals surface area contributed by atoms with Crippen LogP contribution in [0.2, 0.25) is 0 Å². The van der Waals surface area contributed by atoms with Gasteiger partial charge in [-0.25, -0.2) is 0 Å². The van der Waals surface area contributed by atoms with Gasteiger partial charge in [-0.2, -0.15) is 0 Å². The first-order valence-electron chi connectivity index (χ1n) is 5.33. The number of nitrogens with one attached hydrogen (secondary N) is 1. The predicted molar refractivity (Wildman–Crippen MR) is 59.1 cm³/mol. The molecule has 2 heteroatoms. The molecule has 0 bridgehead atoms. The van der Waals surface area contributed by atoms with Gasteiger partial charge in [0, 0.05) is 11.6 Å². The van der Waals surface area contributed by atoms with Crippen molar-refractivity contribution in [3.05, 3.63) is 11.6 Å². The molecule has 1 rings (SSSR count). The van der Waals surface area contributed by atoms with E-state index in [-0.39, 0.29) is 0 Å². The minimum Gasteiger partial charge on any atom is -0.312 e. The summed E-state index contributed by atoms with van der Waals surface area (Å²) in [6.45, 7) is 5.49. The normalized spacial score (nSPS) is 18.8. The van der Waals surface area contributed by atoms with Crippen molar-refractivity contribution in [3.63, 3.8) is 0 Å². The van der Waals surface area contributed by atoms with E-state index in [1.165, 1.54) is 38.5 Å². The lowest BCUT2D eigenvalue weighted by atomic mass is 9.87. The molecule has 1 fully saturated rings. The van der Waals surface area contributed by atoms with Gasteiger partial charge in [-0.1, -0.05) is 50.3 Å². The second-order valence-corrected chi connectivity index (χ2v) is 4.52. The molecule has 13 heavy (non-hydrogen) atoms. The van der Waals surface area contributed by atoms with Crippen LogP contribution in [0, 0.1) is 5.92 Å². The van der Waals surface area contributed by atoms with Gasteiger partial charge in [0.25, 0.3) is 0 Å². The van der Waals surface area contributed by atoms with Crippen molar-refractivity contribution in [2.24, 2.45) is 5.92 Å². The third kappa shape index (κ3) is 5.33. The Kier molecular flexibility index (Phi) is 5.49. The molecule has 0 aromatic rings. The van der Waals surface area contributed by atoms with Crippen molar-refractivity contribution in [2.45, 2.75) is 38.5 Å². The maximum absolute atomic E-state index is 5.64. The van der Waals surface area contributed by atoms with Crippen LogP contribution in [0.25, 0.3) is 0 Å². The molecule has 0 spiro atoms. The number of hydrogen-bond acceptors (Lipinski definition) is 1. The molecule has 0 aromatic carbocycles. The highest BCUT2D eigenvalue weighted by Crippen LogP contribution is 2.25. The fraction of sp³-hybridized carbons (Fsp3) is 0.818. The summed E-state index contributed by atoms with van der Waals surface area (Å²) < 4.78 is 0. The van der Waals surface area contributed by atoms with Crippen LogP contribution in [-0.4, -0.2) is 13.1 Å². The lowest BCUT2D eigenvalue weighted by Crippen LogP contribution is -2.20. The Hall–Kier alpha value is -0.0100. The summed E-state index contributed by atoms with van der Waals surface area (Å²) in [7, 11) is 0. The van der Waals surface area contributed by atoms with E-state index in [9.17, 15) is 0 Å². The molecular weight excluding hydrogens is 182 g/mol. The first-order valence-corrected chi connectivity index (χ1v) is 5.71. The minimum atomic E-state index is 0.712. The molecule has 0 aliphatic heterocycles. The van der Waals surface area contributed by atoms with E-state index in [0.717, 1.165) is 19.0 Å². The maximum Gasteiger partial charge on any atom is 0.0307 e. The third-order valence-electron chi connectivity index (χ3n) is 2.77. The molecule has 1 aliphatic rings. The van der Waals surface area contributed by atoms with Crippen molar-refractivity contribution in [3.8, 4) is 0 Å². The molecule has 76 valence electrons. The molecule has 1 aliphatic carbocycles.